The number of hydrogen-bond donors (Lipinski definition) is 2. The largest absolute Gasteiger partial charge is 1.00 e. The van der Waals surface area contributed by atoms with Crippen LogP contribution in [0.5, 0.6) is 0 Å². The fourth-order valence-corrected chi connectivity index (χ4v) is 3.21. The molecule has 2 rings (SSSR count). The Kier molecular flexibility index (Phi) is 8.04. The minimum absolute atomic E-state index is 0. The number of anilines is 1. The number of rotatable bonds is 4. The predicted molar refractivity (Wildman–Crippen MR) is 89.8 cm³/mol. The number of carbonyl (C=O) groups excluding carboxylic acids is 1. The second kappa shape index (κ2) is 9.14. The molecule has 0 aliphatic rings. The van der Waals surface area contributed by atoms with Gasteiger partial charge in [-0.2, -0.15) is 13.2 Å². The summed E-state index contributed by atoms with van der Waals surface area (Å²) < 4.78 is 58.6. The van der Waals surface area contributed by atoms with Crippen molar-refractivity contribution >= 4 is 22.7 Å². The first kappa shape index (κ1) is 22.9. The Hall–Kier alpha value is -1.19. The van der Waals surface area contributed by atoms with Crippen molar-refractivity contribution in [2.45, 2.75) is 31.3 Å². The normalized spacial score (nSPS) is 12.2. The zero-order valence-corrected chi connectivity index (χ0v) is 17.3. The van der Waals surface area contributed by atoms with E-state index in [1.165, 1.54) is 12.1 Å². The second-order valence-corrected chi connectivity index (χ2v) is 6.52. The summed E-state index contributed by atoms with van der Waals surface area (Å²) in [5, 5.41) is 2.60. The van der Waals surface area contributed by atoms with Gasteiger partial charge < -0.3 is 11.3 Å². The molecule has 0 heterocycles. The van der Waals surface area contributed by atoms with Gasteiger partial charge in [0.2, 0.25) is 5.91 Å². The summed E-state index contributed by atoms with van der Waals surface area (Å²) in [5.41, 5.74) is 0.930. The molecule has 0 spiro atoms. The first-order chi connectivity index (χ1) is 11.6. The van der Waals surface area contributed by atoms with E-state index >= 15 is 0 Å². The molecule has 1 amide bonds. The van der Waals surface area contributed by atoms with Crippen LogP contribution in [-0.4, -0.2) is 14.7 Å². The van der Waals surface area contributed by atoms with E-state index in [2.05, 4.69) is 5.32 Å². The Morgan fingerprint density at radius 2 is 1.77 bits per heavy atom. The van der Waals surface area contributed by atoms with Crippen molar-refractivity contribution in [1.82, 2.24) is 0 Å². The minimum Gasteiger partial charge on any atom is -1.00 e. The van der Waals surface area contributed by atoms with Crippen LogP contribution in [0.3, 0.4) is 0 Å². The van der Waals surface area contributed by atoms with Gasteiger partial charge in [0.25, 0.3) is 0 Å². The van der Waals surface area contributed by atoms with Gasteiger partial charge in [-0.25, -0.2) is 4.21 Å². The number of aryl methyl sites for hydroxylation is 2. The van der Waals surface area contributed by atoms with Gasteiger partial charge in [-0.15, -0.1) is 0 Å². The molecule has 2 aromatic carbocycles. The second-order valence-electron chi connectivity index (χ2n) is 5.61. The molecule has 9 heteroatoms. The van der Waals surface area contributed by atoms with Gasteiger partial charge in [0, 0.05) is 5.69 Å². The zero-order chi connectivity index (χ0) is 18.8. The number of halogens is 3. The van der Waals surface area contributed by atoms with Gasteiger partial charge in [-0.05, 0) is 48.7 Å². The summed E-state index contributed by atoms with van der Waals surface area (Å²) in [6, 6.07) is 7.67. The summed E-state index contributed by atoms with van der Waals surface area (Å²) in [7, 11) is 0. The van der Waals surface area contributed by atoms with Crippen LogP contribution in [0, 0.1) is 13.8 Å². The number of hydrogen-bond acceptors (Lipinski definition) is 2. The Balaban J connectivity index is 0.00000338. The third-order valence-electron chi connectivity index (χ3n) is 3.54. The van der Waals surface area contributed by atoms with Crippen molar-refractivity contribution in [3.05, 3.63) is 58.7 Å². The molecule has 0 saturated carbocycles. The van der Waals surface area contributed by atoms with E-state index in [-0.39, 0.29) is 47.9 Å². The zero-order valence-electron chi connectivity index (χ0n) is 15.5. The summed E-state index contributed by atoms with van der Waals surface area (Å²) >= 11 is -2.14. The molecule has 0 bridgehead atoms. The molecule has 2 aromatic rings. The SMILES string of the molecule is Cc1cc(NC(=O)Cc2cccc(C(F)(F)F)c2)cc(C)c1S(=O)O.[H-].[Na+]. The Labute approximate surface area is 175 Å². The smallest absolute Gasteiger partial charge is 1.00 e. The van der Waals surface area contributed by atoms with Gasteiger partial charge in [0.15, 0.2) is 11.1 Å². The number of nitrogens with one attached hydrogen (secondary N) is 1. The molecular weight excluding hydrogens is 378 g/mol. The van der Waals surface area contributed by atoms with Crippen molar-refractivity contribution in [1.29, 1.82) is 0 Å². The molecule has 0 aliphatic heterocycles. The average molecular weight is 395 g/mol. The predicted octanol–water partition coefficient (Wildman–Crippen LogP) is 1.20. The van der Waals surface area contributed by atoms with Crippen LogP contribution >= 0.6 is 0 Å². The number of carbonyl (C=O) groups is 1. The summed E-state index contributed by atoms with van der Waals surface area (Å²) in [6.45, 7) is 3.28. The Morgan fingerprint density at radius 1 is 1.19 bits per heavy atom. The molecule has 0 radical (unpaired) electrons. The Morgan fingerprint density at radius 3 is 2.27 bits per heavy atom. The molecule has 1 atom stereocenters. The quantitative estimate of drug-likeness (QED) is 0.604. The van der Waals surface area contributed by atoms with E-state index in [4.69, 9.17) is 0 Å². The fourth-order valence-electron chi connectivity index (χ4n) is 2.55. The van der Waals surface area contributed by atoms with E-state index in [0.717, 1.165) is 12.1 Å². The van der Waals surface area contributed by atoms with E-state index < -0.39 is 28.7 Å². The molecule has 0 aromatic heterocycles. The van der Waals surface area contributed by atoms with Gasteiger partial charge in [0.1, 0.15) is 0 Å². The van der Waals surface area contributed by atoms with Gasteiger partial charge >= 0.3 is 35.7 Å². The number of alkyl halides is 3. The van der Waals surface area contributed by atoms with Crippen LogP contribution in [0.15, 0.2) is 41.3 Å². The van der Waals surface area contributed by atoms with Crippen LogP contribution < -0.4 is 34.9 Å². The molecule has 0 aliphatic carbocycles. The van der Waals surface area contributed by atoms with E-state index in [0.29, 0.717) is 16.8 Å². The summed E-state index contributed by atoms with van der Waals surface area (Å²) in [6.07, 6.45) is -4.67. The van der Waals surface area contributed by atoms with E-state index in [1.807, 2.05) is 0 Å². The van der Waals surface area contributed by atoms with Crippen molar-refractivity contribution in [2.75, 3.05) is 5.32 Å². The van der Waals surface area contributed by atoms with Gasteiger partial charge in [-0.3, -0.25) is 4.79 Å². The third-order valence-corrected chi connectivity index (χ3v) is 4.53. The minimum atomic E-state index is -4.46. The van der Waals surface area contributed by atoms with Gasteiger partial charge in [-0.1, -0.05) is 18.2 Å². The summed E-state index contributed by atoms with van der Waals surface area (Å²) in [5.74, 6) is -0.476. The maximum absolute atomic E-state index is 12.7. The topological polar surface area (TPSA) is 66.4 Å². The molecule has 26 heavy (non-hydrogen) atoms. The average Bonchev–Trinajstić information content (AvgIpc) is 2.45. The van der Waals surface area contributed by atoms with Crippen LogP contribution in [0.1, 0.15) is 23.7 Å². The molecule has 4 nitrogen and oxygen atoms in total. The van der Waals surface area contributed by atoms with E-state index in [1.54, 1.807) is 26.0 Å². The van der Waals surface area contributed by atoms with Crippen molar-refractivity contribution in [2.24, 2.45) is 0 Å². The summed E-state index contributed by atoms with van der Waals surface area (Å²) in [4.78, 5) is 12.4. The maximum Gasteiger partial charge on any atom is 1.00 e. The molecule has 1 unspecified atom stereocenters. The molecule has 2 N–H and O–H groups in total. The first-order valence-corrected chi connectivity index (χ1v) is 8.36. The standard InChI is InChI=1S/C17H16F3NO3S.Na.H/c1-10-6-14(7-11(2)16(10)25(23)24)21-15(22)9-12-4-3-5-13(8-12)17(18,19)20;;/h3-8H,9H2,1-2H3,(H,21,22)(H,23,24);;/q;+1;-1. The van der Waals surface area contributed by atoms with Crippen LogP contribution in [-0.2, 0) is 28.5 Å². The maximum atomic E-state index is 12.7. The van der Waals surface area contributed by atoms with Crippen LogP contribution in [0.25, 0.3) is 0 Å². The monoisotopic (exact) mass is 395 g/mol. The van der Waals surface area contributed by atoms with Crippen molar-refractivity contribution in [3.63, 3.8) is 0 Å². The molecular formula is C17H17F3NNaO3S. The first-order valence-electron chi connectivity index (χ1n) is 7.26. The third kappa shape index (κ3) is 5.92. The number of amides is 1. The van der Waals surface area contributed by atoms with E-state index in [9.17, 15) is 26.7 Å². The van der Waals surface area contributed by atoms with Crippen molar-refractivity contribution in [3.8, 4) is 0 Å². The number of benzene rings is 2. The Bertz CT molecular complexity index is 823. The molecule has 0 fully saturated rings. The van der Waals surface area contributed by atoms with Crippen LogP contribution in [0.2, 0.25) is 0 Å². The van der Waals surface area contributed by atoms with Crippen LogP contribution in [0.4, 0.5) is 18.9 Å². The molecule has 136 valence electrons. The molecule has 0 saturated heterocycles. The van der Waals surface area contributed by atoms with Gasteiger partial charge in [0.05, 0.1) is 16.9 Å². The van der Waals surface area contributed by atoms with Crippen molar-refractivity contribution < 1.29 is 57.7 Å². The fraction of sp³-hybridized carbons (Fsp3) is 0.235.